The summed E-state index contributed by atoms with van der Waals surface area (Å²) in [5, 5.41) is 24.8. The summed E-state index contributed by atoms with van der Waals surface area (Å²) < 4.78 is 13.6. The molecular formula is C73H129N13O14. The van der Waals surface area contributed by atoms with Crippen molar-refractivity contribution >= 4 is 64.7 Å². The molecule has 1 aromatic rings. The van der Waals surface area contributed by atoms with Gasteiger partial charge in [0.1, 0.15) is 61.0 Å². The van der Waals surface area contributed by atoms with Crippen LogP contribution in [0.1, 0.15) is 188 Å². The average molecular weight is 1410 g/mol. The van der Waals surface area contributed by atoms with E-state index >= 15 is 33.6 Å². The number of aryl methyl sites for hydroxylation is 1. The molecule has 9 amide bonds. The fourth-order valence-electron chi connectivity index (χ4n) is 13.5. The fraction of sp³-hybridized carbons (Fsp3) is 0.822. The third kappa shape index (κ3) is 25.8. The van der Waals surface area contributed by atoms with Gasteiger partial charge in [-0.05, 0) is 114 Å². The standard InChI is InChI=1S/C73H129N13O14/c1-23-55-71(96)79(17)52(15)69(94)84(22)63(53(16)100-34-28-27-30-85-32-35-99-36-33-85)60(88)41-54(47(8)9)70(95)80(18)56(37-44(2)3)59(87)40-50(13)65(90)76-51(14)68(93)81(19)57(38-45(4)5)72(97)82(20)58(39-46(6)7)73(98)83(21)62(48(10)11)67(92)78-61(66(91)77-55)64(89)49(12)29-25-24-26-31-86-43-74-42-75-86/h42-58,61-64,89H,23-41H2,1-22H3,(H,76,90)(H,77,91)(H,78,92)/t49-,50-,51-,52-,53-,54+,55+,56+,57+,58+,61+,62+,63+,64-/m1/s1. The number of aromatic nitrogens is 3. The van der Waals surface area contributed by atoms with E-state index in [1.807, 2.05) is 41.5 Å². The molecule has 0 saturated carbocycles. The maximum Gasteiger partial charge on any atom is 0.245 e. The number of aliphatic hydroxyl groups excluding tert-OH is 1. The number of morpholine rings is 1. The molecule has 3 heterocycles. The Hall–Kier alpha value is -6.45. The highest BCUT2D eigenvalue weighted by atomic mass is 16.5. The molecule has 0 radical (unpaired) electrons. The van der Waals surface area contributed by atoms with E-state index in [9.17, 15) is 24.3 Å². The van der Waals surface area contributed by atoms with Gasteiger partial charge in [-0.2, -0.15) is 5.10 Å². The third-order valence-electron chi connectivity index (χ3n) is 20.1. The van der Waals surface area contributed by atoms with Gasteiger partial charge in [-0.25, -0.2) is 4.98 Å². The van der Waals surface area contributed by atoms with Crippen molar-refractivity contribution < 1.29 is 67.3 Å². The lowest BCUT2D eigenvalue weighted by atomic mass is 9.85. The Morgan fingerprint density at radius 3 is 1.63 bits per heavy atom. The van der Waals surface area contributed by atoms with E-state index in [0.29, 0.717) is 39.0 Å². The normalized spacial score (nSPS) is 26.8. The van der Waals surface area contributed by atoms with Gasteiger partial charge >= 0.3 is 0 Å². The molecular weight excluding hydrogens is 1280 g/mol. The second kappa shape index (κ2) is 42.2. The molecule has 1 aromatic heterocycles. The summed E-state index contributed by atoms with van der Waals surface area (Å²) >= 11 is 0. The summed E-state index contributed by atoms with van der Waals surface area (Å²) in [5.74, 6) is -11.0. The largest absolute Gasteiger partial charge is 0.390 e. The van der Waals surface area contributed by atoms with Gasteiger partial charge in [0.05, 0.1) is 31.5 Å². The van der Waals surface area contributed by atoms with Crippen LogP contribution in [0.5, 0.6) is 0 Å². The Bertz CT molecular complexity index is 2800. The SMILES string of the molecule is CC[C@@H]1NC(=O)[C@H]([C@H](O)[C@H](C)CCCCCn2cncn2)NC(=O)[C@H](C(C)C)N(C)C(=O)[C@H](CC(C)C)N(C)C(=O)[C@H](CC(C)C)N(C)C(=O)[C@@H](C)NC(=O)[C@H](C)CC(=O)[C@H](CC(C)C)N(C)C(=O)[C@H](C(C)C)CC(=O)[C@H]([C@@H](C)OCCCCN2CCOCC2)N(C)C(=O)[C@@H](C)N(C)C1=O. The van der Waals surface area contributed by atoms with Gasteiger partial charge in [-0.1, -0.05) is 103 Å². The zero-order valence-electron chi connectivity index (χ0n) is 64.8. The number of hydrogen-bond donors (Lipinski definition) is 4. The van der Waals surface area contributed by atoms with Crippen molar-refractivity contribution in [1.29, 1.82) is 0 Å². The maximum atomic E-state index is 15.2. The Morgan fingerprint density at radius 1 is 0.550 bits per heavy atom. The number of carbonyl (C=O) groups is 11. The van der Waals surface area contributed by atoms with E-state index in [0.717, 1.165) is 38.9 Å². The summed E-state index contributed by atoms with van der Waals surface area (Å²) in [7, 11) is 8.73. The van der Waals surface area contributed by atoms with Crippen LogP contribution in [0.15, 0.2) is 12.7 Å². The number of carbonyl (C=O) groups excluding carboxylic acids is 11. The number of aliphatic hydroxyl groups is 1. The van der Waals surface area contributed by atoms with Crippen molar-refractivity contribution in [2.45, 2.75) is 261 Å². The zero-order valence-corrected chi connectivity index (χ0v) is 64.8. The predicted molar refractivity (Wildman–Crippen MR) is 382 cm³/mol. The van der Waals surface area contributed by atoms with E-state index in [-0.39, 0.29) is 62.9 Å². The van der Waals surface area contributed by atoms with Gasteiger partial charge < -0.3 is 59.9 Å². The van der Waals surface area contributed by atoms with Crippen molar-refractivity contribution in [3.8, 4) is 0 Å². The Kier molecular flexibility index (Phi) is 37.1. The highest BCUT2D eigenvalue weighted by Gasteiger charge is 2.45. The molecule has 2 aliphatic heterocycles. The van der Waals surface area contributed by atoms with Crippen molar-refractivity contribution in [2.24, 2.45) is 47.3 Å². The summed E-state index contributed by atoms with van der Waals surface area (Å²) in [6.07, 6.45) is 4.41. The van der Waals surface area contributed by atoms with Gasteiger partial charge in [-0.15, -0.1) is 0 Å². The molecule has 100 heavy (non-hydrogen) atoms. The minimum atomic E-state index is -1.69. The summed E-state index contributed by atoms with van der Waals surface area (Å²) in [5.41, 5.74) is 0. The van der Waals surface area contributed by atoms with Gasteiger partial charge in [0, 0.05) is 93.2 Å². The highest BCUT2D eigenvalue weighted by Crippen LogP contribution is 2.28. The topological polar surface area (TPSA) is 316 Å². The van der Waals surface area contributed by atoms with Crippen molar-refractivity contribution in [1.82, 2.24) is 65.0 Å². The number of hydrogen-bond acceptors (Lipinski definition) is 17. The molecule has 0 aliphatic carbocycles. The van der Waals surface area contributed by atoms with Crippen LogP contribution in [-0.4, -0.2) is 267 Å². The first-order valence-electron chi connectivity index (χ1n) is 36.8. The maximum absolute atomic E-state index is 15.2. The molecule has 2 saturated heterocycles. The molecule has 14 atom stereocenters. The Balaban J connectivity index is 2.28. The second-order valence-corrected chi connectivity index (χ2v) is 30.4. The van der Waals surface area contributed by atoms with Gasteiger partial charge in [0.15, 0.2) is 11.6 Å². The summed E-state index contributed by atoms with van der Waals surface area (Å²) in [6.45, 7) is 32.6. The third-order valence-corrected chi connectivity index (χ3v) is 20.1. The first-order valence-corrected chi connectivity index (χ1v) is 36.8. The van der Waals surface area contributed by atoms with Crippen LogP contribution in [0.4, 0.5) is 0 Å². The quantitative estimate of drug-likeness (QED) is 0.101. The number of nitrogens with one attached hydrogen (secondary N) is 3. The van der Waals surface area contributed by atoms with E-state index in [4.69, 9.17) is 9.47 Å². The number of nitrogens with zero attached hydrogens (tertiary/aromatic N) is 10. The van der Waals surface area contributed by atoms with Crippen LogP contribution in [0.3, 0.4) is 0 Å². The smallest absolute Gasteiger partial charge is 0.245 e. The molecule has 2 fully saturated rings. The Morgan fingerprint density at radius 2 is 1.09 bits per heavy atom. The van der Waals surface area contributed by atoms with Gasteiger partial charge in [0.2, 0.25) is 53.2 Å². The van der Waals surface area contributed by atoms with Crippen LogP contribution in [0, 0.1) is 47.3 Å². The Labute approximate surface area is 597 Å². The molecule has 0 bridgehead atoms. The molecule has 3 rings (SSSR count). The molecule has 0 unspecified atom stereocenters. The van der Waals surface area contributed by atoms with Crippen LogP contribution >= 0.6 is 0 Å². The minimum Gasteiger partial charge on any atom is -0.390 e. The molecule has 0 spiro atoms. The van der Waals surface area contributed by atoms with Gasteiger partial charge in [-0.3, -0.25) is 62.3 Å². The van der Waals surface area contributed by atoms with Crippen molar-refractivity contribution in [2.75, 3.05) is 81.7 Å². The molecule has 0 aromatic carbocycles. The van der Waals surface area contributed by atoms with E-state index < -0.39 is 161 Å². The average Bonchev–Trinajstić information content (AvgIpc) is 0.958. The monoisotopic (exact) mass is 1410 g/mol. The molecule has 570 valence electrons. The minimum absolute atomic E-state index is 0.00562. The molecule has 2 aliphatic rings. The van der Waals surface area contributed by atoms with E-state index in [2.05, 4.69) is 30.9 Å². The molecule has 4 N–H and O–H groups in total. The molecule has 27 heteroatoms. The first-order chi connectivity index (χ1) is 46.8. The second-order valence-electron chi connectivity index (χ2n) is 30.4. The van der Waals surface area contributed by atoms with Crippen LogP contribution in [-0.2, 0) is 68.8 Å². The van der Waals surface area contributed by atoms with E-state index in [1.165, 1.54) is 91.9 Å². The van der Waals surface area contributed by atoms with Gasteiger partial charge in [0.25, 0.3) is 0 Å². The van der Waals surface area contributed by atoms with Crippen LogP contribution in [0.25, 0.3) is 0 Å². The first kappa shape index (κ1) is 87.8. The lowest BCUT2D eigenvalue weighted by molar-refractivity contribution is -0.154. The fourth-order valence-corrected chi connectivity index (χ4v) is 13.5. The van der Waals surface area contributed by atoms with Crippen LogP contribution in [0.2, 0.25) is 0 Å². The number of likely N-dealkylation sites (N-methyl/N-ethyl adjacent to an activating group) is 6. The lowest BCUT2D eigenvalue weighted by Crippen LogP contribution is -2.63. The van der Waals surface area contributed by atoms with Crippen molar-refractivity contribution in [3.63, 3.8) is 0 Å². The summed E-state index contributed by atoms with van der Waals surface area (Å²) in [6, 6.07) is -11.4. The lowest BCUT2D eigenvalue weighted by Gasteiger charge is -2.40. The van der Waals surface area contributed by atoms with Crippen molar-refractivity contribution in [3.05, 3.63) is 12.7 Å². The number of amides is 9. The number of ketones is 2. The molecule has 27 nitrogen and oxygen atoms in total. The van der Waals surface area contributed by atoms with E-state index in [1.54, 1.807) is 66.4 Å². The zero-order chi connectivity index (χ0) is 75.7. The highest BCUT2D eigenvalue weighted by molar-refractivity contribution is 6.00. The summed E-state index contributed by atoms with van der Waals surface area (Å²) in [4.78, 5) is 178. The predicted octanol–water partition coefficient (Wildman–Crippen LogP) is 4.85. The number of ether oxygens (including phenoxy) is 2. The number of unbranched alkanes of at least 4 members (excludes halogenated alkanes) is 3. The van der Waals surface area contributed by atoms with Crippen LogP contribution < -0.4 is 16.0 Å². The number of rotatable bonds is 24. The number of Topliss-reactive ketones (excluding diaryl/α,β-unsaturated/α-hetero) is 2.